The predicted octanol–water partition coefficient (Wildman–Crippen LogP) is 1.39. The number of fused-ring (bicyclic) bond motifs is 1. The Labute approximate surface area is 184 Å². The van der Waals surface area contributed by atoms with Crippen molar-refractivity contribution in [3.8, 4) is 0 Å². The van der Waals surface area contributed by atoms with Gasteiger partial charge in [0.1, 0.15) is 5.65 Å². The lowest BCUT2D eigenvalue weighted by molar-refractivity contribution is -0.131. The molecule has 0 atom stereocenters. The van der Waals surface area contributed by atoms with E-state index in [1.165, 1.54) is 5.56 Å². The highest BCUT2D eigenvalue weighted by Gasteiger charge is 2.24. The fourth-order valence-corrected chi connectivity index (χ4v) is 4.40. The van der Waals surface area contributed by atoms with Crippen molar-refractivity contribution >= 4 is 17.5 Å². The second-order valence-electron chi connectivity index (χ2n) is 8.49. The maximum Gasteiger partial charge on any atom is 0.236 e. The molecule has 1 N–H and O–H groups in total. The zero-order valence-corrected chi connectivity index (χ0v) is 18.9. The molecule has 0 aromatic carbocycles. The van der Waals surface area contributed by atoms with E-state index >= 15 is 0 Å². The van der Waals surface area contributed by atoms with E-state index in [-0.39, 0.29) is 5.91 Å². The minimum absolute atomic E-state index is 0.286. The fraction of sp³-hybridized carbons (Fsp3) is 0.609. The van der Waals surface area contributed by atoms with Crippen LogP contribution in [0.4, 0.5) is 0 Å². The summed E-state index contributed by atoms with van der Waals surface area (Å²) in [6.45, 7) is 11.7. The van der Waals surface area contributed by atoms with Gasteiger partial charge >= 0.3 is 0 Å². The van der Waals surface area contributed by atoms with Crippen molar-refractivity contribution in [1.29, 1.82) is 0 Å². The van der Waals surface area contributed by atoms with Gasteiger partial charge in [-0.1, -0.05) is 6.07 Å². The first-order chi connectivity index (χ1) is 15.1. The quantitative estimate of drug-likeness (QED) is 0.560. The largest absolute Gasteiger partial charge is 0.357 e. The number of amides is 1. The summed E-state index contributed by atoms with van der Waals surface area (Å²) in [5, 5.41) is 3.43. The van der Waals surface area contributed by atoms with Gasteiger partial charge in [-0.25, -0.2) is 4.98 Å². The Kier molecular flexibility index (Phi) is 7.06. The van der Waals surface area contributed by atoms with Gasteiger partial charge in [0.2, 0.25) is 5.91 Å². The van der Waals surface area contributed by atoms with Crippen molar-refractivity contribution in [2.75, 3.05) is 58.9 Å². The Bertz CT molecular complexity index is 908. The van der Waals surface area contributed by atoms with Gasteiger partial charge in [0.05, 0.1) is 12.2 Å². The number of nitrogens with zero attached hydrogens (tertiary/aromatic N) is 6. The molecule has 2 aliphatic rings. The van der Waals surface area contributed by atoms with Gasteiger partial charge in [0, 0.05) is 71.2 Å². The summed E-state index contributed by atoms with van der Waals surface area (Å²) in [6.07, 6.45) is 7.26. The summed E-state index contributed by atoms with van der Waals surface area (Å²) >= 11 is 0. The maximum absolute atomic E-state index is 12.4. The monoisotopic (exact) mass is 425 g/mol. The first kappa shape index (κ1) is 21.6. The van der Waals surface area contributed by atoms with Gasteiger partial charge in [-0.2, -0.15) is 0 Å². The van der Waals surface area contributed by atoms with Crippen LogP contribution in [0.3, 0.4) is 0 Å². The van der Waals surface area contributed by atoms with Gasteiger partial charge in [-0.3, -0.25) is 14.7 Å². The van der Waals surface area contributed by atoms with Crippen molar-refractivity contribution in [3.05, 3.63) is 35.8 Å². The van der Waals surface area contributed by atoms with Gasteiger partial charge in [-0.15, -0.1) is 0 Å². The Hall–Kier alpha value is -2.61. The standard InChI is InChI=1S/C23H35N7O/c1-3-24-23(25-9-8-20-17-30-12-6-7-19(2)22(30)26-20)29-15-13-27(14-16-29)18-21(31)28-10-4-5-11-28/h6-7,12,17H,3-5,8-11,13-16,18H2,1-2H3,(H,24,25). The van der Waals surface area contributed by atoms with Gasteiger partial charge in [0.15, 0.2) is 5.96 Å². The van der Waals surface area contributed by atoms with Crippen LogP contribution in [0.1, 0.15) is 31.0 Å². The second kappa shape index (κ2) is 10.1. The number of pyridine rings is 1. The molecule has 0 bridgehead atoms. The average molecular weight is 426 g/mol. The number of hydrogen-bond donors (Lipinski definition) is 1. The van der Waals surface area contributed by atoms with Crippen LogP contribution in [0.15, 0.2) is 29.5 Å². The molecular formula is C23H35N7O. The van der Waals surface area contributed by atoms with E-state index in [2.05, 4.69) is 45.6 Å². The molecule has 2 aromatic heterocycles. The number of rotatable bonds is 6. The molecule has 4 heterocycles. The number of nitrogens with one attached hydrogen (secondary N) is 1. The van der Waals surface area contributed by atoms with Crippen molar-refractivity contribution in [3.63, 3.8) is 0 Å². The zero-order valence-electron chi connectivity index (χ0n) is 18.9. The molecule has 0 radical (unpaired) electrons. The number of aliphatic imine (C=N–C) groups is 1. The number of likely N-dealkylation sites (tertiary alicyclic amines) is 1. The first-order valence-electron chi connectivity index (χ1n) is 11.6. The molecule has 2 fully saturated rings. The summed E-state index contributed by atoms with van der Waals surface area (Å²) in [5.41, 5.74) is 3.28. The highest BCUT2D eigenvalue weighted by atomic mass is 16.2. The average Bonchev–Trinajstić information content (AvgIpc) is 3.44. The summed E-state index contributed by atoms with van der Waals surface area (Å²) in [6, 6.07) is 4.14. The lowest BCUT2D eigenvalue weighted by Gasteiger charge is -2.36. The smallest absolute Gasteiger partial charge is 0.236 e. The molecule has 2 saturated heterocycles. The summed E-state index contributed by atoms with van der Waals surface area (Å²) < 4.78 is 2.09. The van der Waals surface area contributed by atoms with Crippen LogP contribution in [0.5, 0.6) is 0 Å². The van der Waals surface area contributed by atoms with Crippen LogP contribution in [0, 0.1) is 6.92 Å². The van der Waals surface area contributed by atoms with Crippen LogP contribution >= 0.6 is 0 Å². The van der Waals surface area contributed by atoms with Crippen LogP contribution in [-0.2, 0) is 11.2 Å². The molecule has 0 unspecified atom stereocenters. The number of guanidine groups is 1. The highest BCUT2D eigenvalue weighted by Crippen LogP contribution is 2.11. The van der Waals surface area contributed by atoms with E-state index in [0.29, 0.717) is 13.1 Å². The van der Waals surface area contributed by atoms with E-state index < -0.39 is 0 Å². The first-order valence-corrected chi connectivity index (χ1v) is 11.6. The van der Waals surface area contributed by atoms with Crippen LogP contribution < -0.4 is 5.32 Å². The maximum atomic E-state index is 12.4. The zero-order chi connectivity index (χ0) is 21.6. The predicted molar refractivity (Wildman–Crippen MR) is 123 cm³/mol. The van der Waals surface area contributed by atoms with Crippen molar-refractivity contribution in [2.24, 2.45) is 4.99 Å². The second-order valence-corrected chi connectivity index (χ2v) is 8.49. The van der Waals surface area contributed by atoms with Crippen molar-refractivity contribution in [2.45, 2.75) is 33.1 Å². The number of hydrogen-bond acceptors (Lipinski definition) is 4. The number of aromatic nitrogens is 2. The molecule has 8 heteroatoms. The molecular weight excluding hydrogens is 390 g/mol. The molecule has 2 aromatic rings. The number of carbonyl (C=O) groups is 1. The van der Waals surface area contributed by atoms with Gasteiger partial charge in [-0.05, 0) is 38.3 Å². The topological polar surface area (TPSA) is 68.5 Å². The third kappa shape index (κ3) is 5.36. The molecule has 31 heavy (non-hydrogen) atoms. The minimum Gasteiger partial charge on any atom is -0.357 e. The van der Waals surface area contributed by atoms with Gasteiger partial charge < -0.3 is 19.5 Å². The van der Waals surface area contributed by atoms with E-state index in [1.54, 1.807) is 0 Å². The Balaban J connectivity index is 1.29. The number of carbonyl (C=O) groups excluding carboxylic acids is 1. The fourth-order valence-electron chi connectivity index (χ4n) is 4.40. The SMILES string of the molecule is CCNC(=NCCc1cn2cccc(C)c2n1)N1CCN(CC(=O)N2CCCC2)CC1. The third-order valence-electron chi connectivity index (χ3n) is 6.18. The summed E-state index contributed by atoms with van der Waals surface area (Å²) in [5.74, 6) is 1.25. The van der Waals surface area contributed by atoms with E-state index in [9.17, 15) is 4.79 Å². The van der Waals surface area contributed by atoms with Crippen molar-refractivity contribution in [1.82, 2.24) is 29.4 Å². The van der Waals surface area contributed by atoms with Crippen LogP contribution in [0.25, 0.3) is 5.65 Å². The summed E-state index contributed by atoms with van der Waals surface area (Å²) in [4.78, 5) is 28.6. The van der Waals surface area contributed by atoms with Crippen LogP contribution in [-0.4, -0.2) is 94.9 Å². The highest BCUT2D eigenvalue weighted by molar-refractivity contribution is 5.80. The van der Waals surface area contributed by atoms with Crippen LogP contribution in [0.2, 0.25) is 0 Å². The molecule has 168 valence electrons. The molecule has 0 aliphatic carbocycles. The normalized spacial score (nSPS) is 18.2. The Morgan fingerprint density at radius 1 is 1.13 bits per heavy atom. The van der Waals surface area contributed by atoms with E-state index in [4.69, 9.17) is 9.98 Å². The molecule has 8 nitrogen and oxygen atoms in total. The lowest BCUT2D eigenvalue weighted by Crippen LogP contribution is -2.54. The van der Waals surface area contributed by atoms with Crippen molar-refractivity contribution < 1.29 is 4.79 Å². The molecule has 2 aliphatic heterocycles. The molecule has 4 rings (SSSR count). The summed E-state index contributed by atoms with van der Waals surface area (Å²) in [7, 11) is 0. The lowest BCUT2D eigenvalue weighted by atomic mass is 10.3. The molecule has 0 spiro atoms. The van der Waals surface area contributed by atoms with E-state index in [1.807, 2.05) is 17.2 Å². The number of imidazole rings is 1. The molecule has 0 saturated carbocycles. The Morgan fingerprint density at radius 3 is 2.61 bits per heavy atom. The number of aryl methyl sites for hydroxylation is 1. The third-order valence-corrected chi connectivity index (χ3v) is 6.18. The molecule has 1 amide bonds. The van der Waals surface area contributed by atoms with E-state index in [0.717, 1.165) is 82.4 Å². The minimum atomic E-state index is 0.286. The number of piperazine rings is 1. The Morgan fingerprint density at radius 2 is 1.90 bits per heavy atom. The van der Waals surface area contributed by atoms with Gasteiger partial charge in [0.25, 0.3) is 0 Å².